The fraction of sp³-hybridized carbons (Fsp3) is 0.889. The maximum absolute atomic E-state index is 8.83. The zero-order valence-corrected chi connectivity index (χ0v) is 9.11. The highest BCUT2D eigenvalue weighted by atomic mass is 79.9. The summed E-state index contributed by atoms with van der Waals surface area (Å²) in [6.07, 6.45) is 2.99. The Bertz CT molecular complexity index is 150. The van der Waals surface area contributed by atoms with Crippen molar-refractivity contribution in [1.29, 1.82) is 5.26 Å². The predicted octanol–water partition coefficient (Wildman–Crippen LogP) is 3.49. The van der Waals surface area contributed by atoms with E-state index in [1.165, 1.54) is 0 Å². The quantitative estimate of drug-likeness (QED) is 0.662. The molecule has 2 atom stereocenters. The first kappa shape index (κ1) is 11.0. The third kappa shape index (κ3) is 3.76. The molecule has 1 nitrogen and oxygen atoms in total. The molecule has 0 saturated heterocycles. The first-order chi connectivity index (χ1) is 5.08. The molecule has 0 aliphatic heterocycles. The van der Waals surface area contributed by atoms with Gasteiger partial charge in [0.1, 0.15) is 4.32 Å². The molecule has 0 aromatic rings. The Kier molecular flexibility index (Phi) is 4.76. The van der Waals surface area contributed by atoms with Gasteiger partial charge in [0.25, 0.3) is 0 Å². The van der Waals surface area contributed by atoms with E-state index in [1.54, 1.807) is 0 Å². The van der Waals surface area contributed by atoms with Crippen LogP contribution in [0.5, 0.6) is 0 Å². The Morgan fingerprint density at radius 2 is 2.09 bits per heavy atom. The van der Waals surface area contributed by atoms with Crippen LogP contribution in [0.15, 0.2) is 0 Å². The Hall–Kier alpha value is -0.0300. The Morgan fingerprint density at radius 3 is 2.36 bits per heavy atom. The molecule has 0 radical (unpaired) electrons. The van der Waals surface area contributed by atoms with Crippen LogP contribution in [0, 0.1) is 17.2 Å². The van der Waals surface area contributed by atoms with Gasteiger partial charge in [0, 0.05) is 0 Å². The summed E-state index contributed by atoms with van der Waals surface area (Å²) in [5.41, 5.74) is 0. The zero-order valence-electron chi connectivity index (χ0n) is 7.52. The van der Waals surface area contributed by atoms with Crippen molar-refractivity contribution in [3.63, 3.8) is 0 Å². The van der Waals surface area contributed by atoms with E-state index in [4.69, 9.17) is 5.26 Å². The first-order valence-electron chi connectivity index (χ1n) is 4.18. The number of nitrogens with zero attached hydrogens (tertiary/aromatic N) is 1. The lowest BCUT2D eigenvalue weighted by Gasteiger charge is -2.20. The Morgan fingerprint density at radius 1 is 1.55 bits per heavy atom. The fourth-order valence-electron chi connectivity index (χ4n) is 0.966. The molecular formula is C9H16BrN. The molecule has 2 unspecified atom stereocenters. The fourth-order valence-corrected chi connectivity index (χ4v) is 1.52. The van der Waals surface area contributed by atoms with Crippen molar-refractivity contribution in [2.75, 3.05) is 0 Å². The maximum atomic E-state index is 8.83. The third-order valence-corrected chi connectivity index (χ3v) is 3.19. The monoisotopic (exact) mass is 217 g/mol. The van der Waals surface area contributed by atoms with E-state index in [9.17, 15) is 0 Å². The van der Waals surface area contributed by atoms with Crippen molar-refractivity contribution in [2.45, 2.75) is 44.4 Å². The summed E-state index contributed by atoms with van der Waals surface area (Å²) >= 11 is 3.46. The van der Waals surface area contributed by atoms with Gasteiger partial charge in [-0.15, -0.1) is 0 Å². The summed E-state index contributed by atoms with van der Waals surface area (Å²) < 4.78 is -0.275. The van der Waals surface area contributed by atoms with Crippen LogP contribution < -0.4 is 0 Å². The molecule has 0 aliphatic rings. The van der Waals surface area contributed by atoms with Crippen molar-refractivity contribution >= 4 is 15.9 Å². The normalized spacial score (nSPS) is 18.5. The van der Waals surface area contributed by atoms with Gasteiger partial charge < -0.3 is 0 Å². The van der Waals surface area contributed by atoms with Crippen LogP contribution in [0.4, 0.5) is 0 Å². The van der Waals surface area contributed by atoms with Gasteiger partial charge in [-0.1, -0.05) is 43.1 Å². The Labute approximate surface area is 77.9 Å². The second-order valence-electron chi connectivity index (χ2n) is 3.15. The average molecular weight is 218 g/mol. The SMILES string of the molecule is CCC(C)CC(Br)(C#N)CC. The summed E-state index contributed by atoms with van der Waals surface area (Å²) in [5.74, 6) is 0.633. The lowest BCUT2D eigenvalue weighted by atomic mass is 9.93. The number of hydrogen-bond donors (Lipinski definition) is 0. The van der Waals surface area contributed by atoms with Crippen LogP contribution in [0.3, 0.4) is 0 Å². The molecule has 0 aromatic carbocycles. The second kappa shape index (κ2) is 4.77. The minimum absolute atomic E-state index is 0.275. The predicted molar refractivity (Wildman–Crippen MR) is 51.6 cm³/mol. The van der Waals surface area contributed by atoms with Gasteiger partial charge in [0.15, 0.2) is 0 Å². The maximum Gasteiger partial charge on any atom is 0.112 e. The van der Waals surface area contributed by atoms with E-state index in [2.05, 4.69) is 35.8 Å². The molecule has 0 aliphatic carbocycles. The largest absolute Gasteiger partial charge is 0.197 e. The number of hydrogen-bond acceptors (Lipinski definition) is 1. The van der Waals surface area contributed by atoms with Crippen molar-refractivity contribution in [3.05, 3.63) is 0 Å². The van der Waals surface area contributed by atoms with Gasteiger partial charge in [0.05, 0.1) is 6.07 Å². The van der Waals surface area contributed by atoms with Crippen LogP contribution in [-0.2, 0) is 0 Å². The standard InChI is InChI=1S/C9H16BrN/c1-4-8(3)6-9(10,5-2)7-11/h8H,4-6H2,1-3H3. The first-order valence-corrected chi connectivity index (χ1v) is 4.97. The highest BCUT2D eigenvalue weighted by molar-refractivity contribution is 9.10. The molecule has 0 saturated carbocycles. The van der Waals surface area contributed by atoms with Gasteiger partial charge >= 0.3 is 0 Å². The molecule has 0 bridgehead atoms. The number of nitriles is 1. The summed E-state index contributed by atoms with van der Waals surface area (Å²) in [6, 6.07) is 2.31. The van der Waals surface area contributed by atoms with Gasteiger partial charge in [-0.2, -0.15) is 5.26 Å². The summed E-state index contributed by atoms with van der Waals surface area (Å²) in [5, 5.41) is 8.83. The summed E-state index contributed by atoms with van der Waals surface area (Å²) in [7, 11) is 0. The zero-order chi connectivity index (χ0) is 8.91. The molecule has 0 N–H and O–H groups in total. The van der Waals surface area contributed by atoms with Crippen LogP contribution in [0.25, 0.3) is 0 Å². The molecule has 0 spiro atoms. The van der Waals surface area contributed by atoms with E-state index in [1.807, 2.05) is 6.92 Å². The van der Waals surface area contributed by atoms with E-state index >= 15 is 0 Å². The van der Waals surface area contributed by atoms with E-state index in [-0.39, 0.29) is 4.32 Å². The van der Waals surface area contributed by atoms with Gasteiger partial charge in [-0.3, -0.25) is 0 Å². The van der Waals surface area contributed by atoms with Gasteiger partial charge in [0.2, 0.25) is 0 Å². The molecule has 0 aromatic heterocycles. The van der Waals surface area contributed by atoms with Crippen molar-refractivity contribution in [2.24, 2.45) is 5.92 Å². The Balaban J connectivity index is 3.99. The molecule has 11 heavy (non-hydrogen) atoms. The van der Waals surface area contributed by atoms with E-state index in [0.29, 0.717) is 5.92 Å². The molecule has 0 amide bonds. The highest BCUT2D eigenvalue weighted by Crippen LogP contribution is 2.30. The molecule has 0 rings (SSSR count). The third-order valence-electron chi connectivity index (χ3n) is 2.13. The molecule has 64 valence electrons. The van der Waals surface area contributed by atoms with Crippen LogP contribution in [0.1, 0.15) is 40.0 Å². The van der Waals surface area contributed by atoms with Crippen LogP contribution in [0.2, 0.25) is 0 Å². The number of alkyl halides is 1. The lowest BCUT2D eigenvalue weighted by molar-refractivity contribution is 0.464. The smallest absolute Gasteiger partial charge is 0.112 e. The molecule has 0 heterocycles. The van der Waals surface area contributed by atoms with Gasteiger partial charge in [-0.05, 0) is 18.8 Å². The van der Waals surface area contributed by atoms with Crippen LogP contribution >= 0.6 is 15.9 Å². The van der Waals surface area contributed by atoms with Crippen molar-refractivity contribution < 1.29 is 0 Å². The topological polar surface area (TPSA) is 23.8 Å². The number of rotatable bonds is 4. The highest BCUT2D eigenvalue weighted by Gasteiger charge is 2.25. The van der Waals surface area contributed by atoms with Crippen LogP contribution in [-0.4, -0.2) is 4.32 Å². The van der Waals surface area contributed by atoms with E-state index < -0.39 is 0 Å². The summed E-state index contributed by atoms with van der Waals surface area (Å²) in [6.45, 7) is 6.38. The van der Waals surface area contributed by atoms with Crippen molar-refractivity contribution in [1.82, 2.24) is 0 Å². The molecular weight excluding hydrogens is 202 g/mol. The van der Waals surface area contributed by atoms with E-state index in [0.717, 1.165) is 19.3 Å². The van der Waals surface area contributed by atoms with Crippen molar-refractivity contribution in [3.8, 4) is 6.07 Å². The molecule has 2 heteroatoms. The molecule has 0 fully saturated rings. The minimum Gasteiger partial charge on any atom is -0.197 e. The number of halogens is 1. The summed E-state index contributed by atoms with van der Waals surface area (Å²) in [4.78, 5) is 0. The lowest BCUT2D eigenvalue weighted by Crippen LogP contribution is -2.19. The van der Waals surface area contributed by atoms with Gasteiger partial charge in [-0.25, -0.2) is 0 Å². The second-order valence-corrected chi connectivity index (χ2v) is 4.67. The minimum atomic E-state index is -0.275. The average Bonchev–Trinajstić information content (AvgIpc) is 2.04.